The quantitative estimate of drug-likeness (QED) is 0.758. The fourth-order valence-corrected chi connectivity index (χ4v) is 2.54. The molecule has 2 rings (SSSR count). The highest BCUT2D eigenvalue weighted by molar-refractivity contribution is 6.42. The van der Waals surface area contributed by atoms with Gasteiger partial charge < -0.3 is 4.90 Å². The van der Waals surface area contributed by atoms with Crippen molar-refractivity contribution in [3.63, 3.8) is 0 Å². The van der Waals surface area contributed by atoms with Gasteiger partial charge in [0, 0.05) is 19.8 Å². The first-order chi connectivity index (χ1) is 9.50. The van der Waals surface area contributed by atoms with E-state index in [1.165, 1.54) is 6.42 Å². The first-order valence-electron chi connectivity index (χ1n) is 6.66. The Hall–Kier alpha value is -1.19. The van der Waals surface area contributed by atoms with Crippen LogP contribution in [0.4, 0.5) is 10.5 Å². The third kappa shape index (κ3) is 3.28. The van der Waals surface area contributed by atoms with Crippen LogP contribution < -0.4 is 4.90 Å². The summed E-state index contributed by atoms with van der Waals surface area (Å²) in [6.07, 6.45) is 6.32. The molecule has 5 heteroatoms. The van der Waals surface area contributed by atoms with Crippen LogP contribution in [-0.2, 0) is 0 Å². The van der Waals surface area contributed by atoms with Crippen molar-refractivity contribution in [2.24, 2.45) is 0 Å². The van der Waals surface area contributed by atoms with Gasteiger partial charge in [-0.15, -0.1) is 0 Å². The Morgan fingerprint density at radius 3 is 2.45 bits per heavy atom. The predicted molar refractivity (Wildman–Crippen MR) is 84.6 cm³/mol. The molecule has 0 aromatic heterocycles. The number of carbonyl (C=O) groups is 1. The number of carbonyl (C=O) groups excluding carboxylic acids is 1. The van der Waals surface area contributed by atoms with Crippen LogP contribution in [0.5, 0.6) is 0 Å². The summed E-state index contributed by atoms with van der Waals surface area (Å²) < 4.78 is 0. The molecule has 0 radical (unpaired) electrons. The van der Waals surface area contributed by atoms with Gasteiger partial charge in [0.05, 0.1) is 15.7 Å². The van der Waals surface area contributed by atoms with Crippen LogP contribution in [0.25, 0.3) is 0 Å². The molecule has 0 heterocycles. The van der Waals surface area contributed by atoms with E-state index in [0.29, 0.717) is 10.0 Å². The minimum absolute atomic E-state index is 0.0726. The Labute approximate surface area is 129 Å². The van der Waals surface area contributed by atoms with Gasteiger partial charge in [-0.1, -0.05) is 29.3 Å². The Balaban J connectivity index is 2.42. The number of hydrogen-bond donors (Lipinski definition) is 0. The molecule has 0 bridgehead atoms. The molecular weight excluding hydrogens is 295 g/mol. The average Bonchev–Trinajstić information content (AvgIpc) is 2.44. The van der Waals surface area contributed by atoms with Crippen LogP contribution in [0.3, 0.4) is 0 Å². The van der Waals surface area contributed by atoms with Gasteiger partial charge in [0.15, 0.2) is 0 Å². The van der Waals surface area contributed by atoms with Crippen molar-refractivity contribution in [1.29, 1.82) is 0 Å². The summed E-state index contributed by atoms with van der Waals surface area (Å²) in [5.41, 5.74) is 1.79. The number of amides is 2. The molecule has 1 aromatic carbocycles. The summed E-state index contributed by atoms with van der Waals surface area (Å²) in [4.78, 5) is 15.8. The Kier molecular flexibility index (Phi) is 4.95. The van der Waals surface area contributed by atoms with Crippen molar-refractivity contribution in [2.45, 2.75) is 25.7 Å². The molecule has 0 unspecified atom stereocenters. The number of halogens is 2. The standard InChI is InChI=1S/C15H18Cl2N2O/c1-18(2)15(20)19(11-6-4-3-5-7-11)12-8-9-13(16)14(17)10-12/h6,8-10H,3-5,7H2,1-2H3. The molecule has 3 nitrogen and oxygen atoms in total. The van der Waals surface area contributed by atoms with Crippen molar-refractivity contribution in [1.82, 2.24) is 4.90 Å². The van der Waals surface area contributed by atoms with Crippen molar-refractivity contribution >= 4 is 34.9 Å². The number of anilines is 1. The first kappa shape index (κ1) is 15.2. The van der Waals surface area contributed by atoms with E-state index in [2.05, 4.69) is 6.08 Å². The number of urea groups is 1. The van der Waals surface area contributed by atoms with E-state index in [0.717, 1.165) is 30.6 Å². The Bertz CT molecular complexity index is 541. The number of hydrogen-bond acceptors (Lipinski definition) is 1. The number of benzene rings is 1. The highest BCUT2D eigenvalue weighted by atomic mass is 35.5. The lowest BCUT2D eigenvalue weighted by Crippen LogP contribution is -2.39. The van der Waals surface area contributed by atoms with Crippen LogP contribution in [0.1, 0.15) is 25.7 Å². The zero-order valence-corrected chi connectivity index (χ0v) is 13.2. The van der Waals surface area contributed by atoms with E-state index < -0.39 is 0 Å². The molecule has 1 aliphatic carbocycles. The molecule has 108 valence electrons. The van der Waals surface area contributed by atoms with Crippen molar-refractivity contribution < 1.29 is 4.79 Å². The summed E-state index contributed by atoms with van der Waals surface area (Å²) in [5, 5.41) is 0.947. The second-order valence-corrected chi connectivity index (χ2v) is 5.87. The lowest BCUT2D eigenvalue weighted by molar-refractivity contribution is 0.225. The molecular formula is C15H18Cl2N2O. The smallest absolute Gasteiger partial charge is 0.328 e. The van der Waals surface area contributed by atoms with Gasteiger partial charge in [0.1, 0.15) is 0 Å². The summed E-state index contributed by atoms with van der Waals surface area (Å²) in [6.45, 7) is 0. The third-order valence-electron chi connectivity index (χ3n) is 3.29. The van der Waals surface area contributed by atoms with Gasteiger partial charge in [-0.05, 0) is 43.9 Å². The lowest BCUT2D eigenvalue weighted by Gasteiger charge is -2.30. The number of nitrogens with zero attached hydrogens (tertiary/aromatic N) is 2. The van der Waals surface area contributed by atoms with Crippen LogP contribution in [0.15, 0.2) is 30.0 Å². The molecule has 0 spiro atoms. The molecule has 1 aromatic rings. The van der Waals surface area contributed by atoms with Crippen molar-refractivity contribution in [3.8, 4) is 0 Å². The van der Waals surface area contributed by atoms with E-state index >= 15 is 0 Å². The van der Waals surface area contributed by atoms with Gasteiger partial charge >= 0.3 is 6.03 Å². The summed E-state index contributed by atoms with van der Waals surface area (Å²) >= 11 is 12.0. The van der Waals surface area contributed by atoms with Gasteiger partial charge in [-0.3, -0.25) is 4.90 Å². The van der Waals surface area contributed by atoms with Crippen molar-refractivity contribution in [2.75, 3.05) is 19.0 Å². The topological polar surface area (TPSA) is 23.6 Å². The van der Waals surface area contributed by atoms with E-state index in [1.54, 1.807) is 36.0 Å². The molecule has 0 aliphatic heterocycles. The molecule has 0 saturated heterocycles. The molecule has 0 N–H and O–H groups in total. The SMILES string of the molecule is CN(C)C(=O)N(C1=CCCCC1)c1ccc(Cl)c(Cl)c1. The van der Waals surface area contributed by atoms with Crippen LogP contribution >= 0.6 is 23.2 Å². The monoisotopic (exact) mass is 312 g/mol. The van der Waals surface area contributed by atoms with Gasteiger partial charge in [0.25, 0.3) is 0 Å². The zero-order valence-electron chi connectivity index (χ0n) is 11.7. The van der Waals surface area contributed by atoms with Crippen molar-refractivity contribution in [3.05, 3.63) is 40.0 Å². The lowest BCUT2D eigenvalue weighted by atomic mass is 10.0. The third-order valence-corrected chi connectivity index (χ3v) is 4.03. The van der Waals surface area contributed by atoms with E-state index in [-0.39, 0.29) is 6.03 Å². The van der Waals surface area contributed by atoms with E-state index in [4.69, 9.17) is 23.2 Å². The predicted octanol–water partition coefficient (Wildman–Crippen LogP) is 4.94. The molecule has 0 saturated carbocycles. The second-order valence-electron chi connectivity index (χ2n) is 5.05. The van der Waals surface area contributed by atoms with Gasteiger partial charge in [-0.25, -0.2) is 4.79 Å². The molecule has 0 fully saturated rings. The van der Waals surface area contributed by atoms with E-state index in [1.807, 2.05) is 6.07 Å². The molecule has 0 atom stereocenters. The fraction of sp³-hybridized carbons (Fsp3) is 0.400. The summed E-state index contributed by atoms with van der Waals surface area (Å²) in [5.74, 6) is 0. The normalized spacial score (nSPS) is 14.7. The first-order valence-corrected chi connectivity index (χ1v) is 7.42. The summed E-state index contributed by atoms with van der Waals surface area (Å²) in [6, 6.07) is 5.21. The average molecular weight is 313 g/mol. The van der Waals surface area contributed by atoms with E-state index in [9.17, 15) is 4.79 Å². The maximum absolute atomic E-state index is 12.5. The minimum Gasteiger partial charge on any atom is -0.330 e. The van der Waals surface area contributed by atoms with Crippen LogP contribution in [0, 0.1) is 0 Å². The van der Waals surface area contributed by atoms with Gasteiger partial charge in [-0.2, -0.15) is 0 Å². The van der Waals surface area contributed by atoms with Crippen LogP contribution in [-0.4, -0.2) is 25.0 Å². The summed E-state index contributed by atoms with van der Waals surface area (Å²) in [7, 11) is 3.49. The second kappa shape index (κ2) is 6.51. The minimum atomic E-state index is -0.0726. The maximum atomic E-state index is 12.5. The Morgan fingerprint density at radius 2 is 1.90 bits per heavy atom. The van der Waals surface area contributed by atoms with Gasteiger partial charge in [0.2, 0.25) is 0 Å². The highest BCUT2D eigenvalue weighted by Gasteiger charge is 2.23. The molecule has 2 amide bonds. The molecule has 1 aliphatic rings. The number of rotatable bonds is 2. The maximum Gasteiger partial charge on any atom is 0.328 e. The highest BCUT2D eigenvalue weighted by Crippen LogP contribution is 2.32. The van der Waals surface area contributed by atoms with Crippen LogP contribution in [0.2, 0.25) is 10.0 Å². The zero-order chi connectivity index (χ0) is 14.7. The fourth-order valence-electron chi connectivity index (χ4n) is 2.25. The Morgan fingerprint density at radius 1 is 1.15 bits per heavy atom. The largest absolute Gasteiger partial charge is 0.330 e. The molecule has 20 heavy (non-hydrogen) atoms. The number of allylic oxidation sites excluding steroid dienone is 2.